The van der Waals surface area contributed by atoms with Gasteiger partial charge in [-0.15, -0.1) is 0 Å². The van der Waals surface area contributed by atoms with Crippen LogP contribution in [-0.4, -0.2) is 37.3 Å². The molecule has 0 amide bonds. The third kappa shape index (κ3) is 4.00. The SMILES string of the molecule is CCCC(=O)OC[N+]1(C)CC2c3ccccc3Oc3ccc(Cl)cc3C2C1.[Cl-]. The highest BCUT2D eigenvalue weighted by Gasteiger charge is 2.47. The highest BCUT2D eigenvalue weighted by Crippen LogP contribution is 2.51. The van der Waals surface area contributed by atoms with E-state index in [2.05, 4.69) is 19.2 Å². The Morgan fingerprint density at radius 1 is 1.14 bits per heavy atom. The maximum Gasteiger partial charge on any atom is 0.310 e. The molecule has 1 fully saturated rings. The van der Waals surface area contributed by atoms with Crippen LogP contribution in [0.2, 0.25) is 5.02 Å². The standard InChI is InChI=1S/C22H25ClNO3.ClH/c1-3-6-22(25)26-14-24(2)12-18-16-7-4-5-8-20(16)27-21-10-9-15(23)11-17(21)19(18)13-24;/h4-5,7-11,18-19H,3,6,12-14H2,1-2H3;1H/q+1;/p-1. The summed E-state index contributed by atoms with van der Waals surface area (Å²) in [5.74, 6) is 2.24. The van der Waals surface area contributed by atoms with Gasteiger partial charge in [0.05, 0.1) is 20.1 Å². The molecule has 2 heterocycles. The number of hydrogen-bond acceptors (Lipinski definition) is 3. The molecule has 2 aromatic carbocycles. The molecule has 0 aromatic heterocycles. The van der Waals surface area contributed by atoms with Crippen LogP contribution in [0.1, 0.15) is 42.7 Å². The topological polar surface area (TPSA) is 35.5 Å². The monoisotopic (exact) mass is 421 g/mol. The maximum atomic E-state index is 11.9. The van der Waals surface area contributed by atoms with Crippen molar-refractivity contribution in [3.05, 3.63) is 58.6 Å². The van der Waals surface area contributed by atoms with Gasteiger partial charge in [0.1, 0.15) is 11.5 Å². The van der Waals surface area contributed by atoms with E-state index in [9.17, 15) is 4.79 Å². The number of ether oxygens (including phenoxy) is 2. The second-order valence-corrected chi connectivity index (χ2v) is 8.35. The van der Waals surface area contributed by atoms with Gasteiger partial charge in [0.25, 0.3) is 0 Å². The molecule has 2 aromatic rings. The van der Waals surface area contributed by atoms with Crippen LogP contribution in [0.5, 0.6) is 11.5 Å². The van der Waals surface area contributed by atoms with Crippen LogP contribution in [0.25, 0.3) is 0 Å². The first-order valence-electron chi connectivity index (χ1n) is 9.54. The molecule has 3 atom stereocenters. The summed E-state index contributed by atoms with van der Waals surface area (Å²) in [6.07, 6.45) is 1.28. The minimum atomic E-state index is -0.115. The minimum Gasteiger partial charge on any atom is -1.00 e. The van der Waals surface area contributed by atoms with Crippen molar-refractivity contribution in [2.24, 2.45) is 0 Å². The number of fused-ring (bicyclic) bond motifs is 5. The van der Waals surface area contributed by atoms with Gasteiger partial charge in [-0.2, -0.15) is 0 Å². The smallest absolute Gasteiger partial charge is 0.310 e. The van der Waals surface area contributed by atoms with Crippen molar-refractivity contribution in [1.29, 1.82) is 0 Å². The highest BCUT2D eigenvalue weighted by atomic mass is 35.5. The number of hydrogen-bond donors (Lipinski definition) is 0. The number of likely N-dealkylation sites (tertiary alicyclic amines) is 1. The molecule has 0 saturated carbocycles. The summed E-state index contributed by atoms with van der Waals surface area (Å²) < 4.78 is 12.5. The van der Waals surface area contributed by atoms with E-state index in [0.29, 0.717) is 23.6 Å². The number of carbonyl (C=O) groups is 1. The Balaban J connectivity index is 0.00000225. The number of para-hydroxylation sites is 1. The van der Waals surface area contributed by atoms with E-state index in [-0.39, 0.29) is 24.3 Å². The number of quaternary nitrogens is 1. The number of esters is 1. The Morgan fingerprint density at radius 3 is 2.57 bits per heavy atom. The molecule has 4 nitrogen and oxygen atoms in total. The summed E-state index contributed by atoms with van der Waals surface area (Å²) in [6.45, 7) is 4.18. The molecule has 4 rings (SSSR count). The van der Waals surface area contributed by atoms with Crippen molar-refractivity contribution in [3.8, 4) is 11.5 Å². The lowest BCUT2D eigenvalue weighted by Gasteiger charge is -2.29. The van der Waals surface area contributed by atoms with Crippen molar-refractivity contribution in [2.75, 3.05) is 26.9 Å². The molecule has 0 N–H and O–H groups in total. The van der Waals surface area contributed by atoms with Crippen molar-refractivity contribution in [2.45, 2.75) is 31.6 Å². The number of likely N-dealkylation sites (N-methyl/N-ethyl adjacent to an activating group) is 1. The molecule has 0 bridgehead atoms. The molecule has 1 saturated heterocycles. The Hall–Kier alpha value is -1.75. The summed E-state index contributed by atoms with van der Waals surface area (Å²) in [4.78, 5) is 11.9. The molecule has 0 spiro atoms. The number of benzene rings is 2. The van der Waals surface area contributed by atoms with E-state index in [1.165, 1.54) is 5.56 Å². The third-order valence-electron chi connectivity index (χ3n) is 5.66. The lowest BCUT2D eigenvalue weighted by molar-refractivity contribution is -0.915. The van der Waals surface area contributed by atoms with E-state index < -0.39 is 0 Å². The average Bonchev–Trinajstić information content (AvgIpc) is 2.95. The molecule has 2 aliphatic heterocycles. The molecule has 6 heteroatoms. The minimum absolute atomic E-state index is 0. The Morgan fingerprint density at radius 2 is 1.82 bits per heavy atom. The van der Waals surface area contributed by atoms with Crippen molar-refractivity contribution in [3.63, 3.8) is 0 Å². The van der Waals surface area contributed by atoms with Crippen LogP contribution in [0.4, 0.5) is 0 Å². The number of nitrogens with zero attached hydrogens (tertiary/aromatic N) is 1. The van der Waals surface area contributed by atoms with Crippen LogP contribution >= 0.6 is 11.6 Å². The van der Waals surface area contributed by atoms with E-state index in [1.54, 1.807) is 0 Å². The molecule has 0 aliphatic carbocycles. The fourth-order valence-corrected chi connectivity index (χ4v) is 4.60. The molecular weight excluding hydrogens is 397 g/mol. The van der Waals surface area contributed by atoms with Gasteiger partial charge in [-0.25, -0.2) is 0 Å². The van der Waals surface area contributed by atoms with Gasteiger partial charge < -0.3 is 21.9 Å². The predicted octanol–water partition coefficient (Wildman–Crippen LogP) is 2.08. The van der Waals surface area contributed by atoms with Gasteiger partial charge in [0.2, 0.25) is 6.73 Å². The van der Waals surface area contributed by atoms with E-state index in [1.807, 2.05) is 37.3 Å². The van der Waals surface area contributed by atoms with Gasteiger partial charge in [-0.3, -0.25) is 9.28 Å². The van der Waals surface area contributed by atoms with E-state index in [4.69, 9.17) is 21.1 Å². The second kappa shape index (κ2) is 8.32. The fraction of sp³-hybridized carbons (Fsp3) is 0.409. The zero-order chi connectivity index (χ0) is 19.0. The highest BCUT2D eigenvalue weighted by molar-refractivity contribution is 6.30. The van der Waals surface area contributed by atoms with Crippen LogP contribution in [0, 0.1) is 0 Å². The lowest BCUT2D eigenvalue weighted by atomic mass is 9.84. The zero-order valence-corrected chi connectivity index (χ0v) is 17.7. The van der Waals surface area contributed by atoms with Gasteiger partial charge in [0, 0.05) is 34.4 Å². The van der Waals surface area contributed by atoms with Crippen molar-refractivity contribution in [1.82, 2.24) is 0 Å². The Labute approximate surface area is 177 Å². The first-order valence-corrected chi connectivity index (χ1v) is 9.92. The van der Waals surface area contributed by atoms with Crippen LogP contribution < -0.4 is 17.1 Å². The predicted molar refractivity (Wildman–Crippen MR) is 105 cm³/mol. The van der Waals surface area contributed by atoms with Crippen LogP contribution in [-0.2, 0) is 9.53 Å². The summed E-state index contributed by atoms with van der Waals surface area (Å²) in [6, 6.07) is 14.1. The molecule has 2 aliphatic rings. The third-order valence-corrected chi connectivity index (χ3v) is 5.90. The van der Waals surface area contributed by atoms with Gasteiger partial charge in [0.15, 0.2) is 0 Å². The maximum absolute atomic E-state index is 11.9. The quantitative estimate of drug-likeness (QED) is 0.559. The number of rotatable bonds is 4. The van der Waals surface area contributed by atoms with E-state index >= 15 is 0 Å². The van der Waals surface area contributed by atoms with Crippen molar-refractivity contribution < 1.29 is 31.2 Å². The molecule has 28 heavy (non-hydrogen) atoms. The second-order valence-electron chi connectivity index (χ2n) is 7.92. The summed E-state index contributed by atoms with van der Waals surface area (Å²) in [7, 11) is 2.17. The Bertz CT molecular complexity index is 873. The summed E-state index contributed by atoms with van der Waals surface area (Å²) in [5, 5.41) is 0.720. The summed E-state index contributed by atoms with van der Waals surface area (Å²) >= 11 is 6.31. The molecular formula is C22H25Cl2NO3. The zero-order valence-electron chi connectivity index (χ0n) is 16.2. The largest absolute Gasteiger partial charge is 1.00 e. The van der Waals surface area contributed by atoms with Crippen LogP contribution in [0.3, 0.4) is 0 Å². The molecule has 3 unspecified atom stereocenters. The first-order chi connectivity index (χ1) is 13.0. The molecule has 0 radical (unpaired) electrons. The fourth-order valence-electron chi connectivity index (χ4n) is 4.42. The van der Waals surface area contributed by atoms with E-state index in [0.717, 1.165) is 41.6 Å². The van der Waals surface area contributed by atoms with Gasteiger partial charge in [-0.05, 0) is 30.7 Å². The first kappa shape index (κ1) is 21.0. The molecule has 150 valence electrons. The Kier molecular flexibility index (Phi) is 6.23. The summed E-state index contributed by atoms with van der Waals surface area (Å²) in [5.41, 5.74) is 2.36. The van der Waals surface area contributed by atoms with Crippen LogP contribution in [0.15, 0.2) is 42.5 Å². The average molecular weight is 422 g/mol. The number of halogens is 2. The normalized spacial score (nSPS) is 24.7. The number of carbonyl (C=O) groups excluding carboxylic acids is 1. The lowest BCUT2D eigenvalue weighted by Crippen LogP contribution is -3.00. The van der Waals surface area contributed by atoms with Crippen molar-refractivity contribution >= 4 is 17.6 Å². The van der Waals surface area contributed by atoms with Gasteiger partial charge >= 0.3 is 5.97 Å². The van der Waals surface area contributed by atoms with Gasteiger partial charge in [-0.1, -0.05) is 36.7 Å².